The summed E-state index contributed by atoms with van der Waals surface area (Å²) in [6.07, 6.45) is 5.02. The van der Waals surface area contributed by atoms with Crippen molar-refractivity contribution in [2.75, 3.05) is 6.54 Å². The van der Waals surface area contributed by atoms with Crippen LogP contribution in [0, 0.1) is 0 Å². The number of Topliss-reactive ketones (excluding diaryl/α,β-unsaturated/α-hetero) is 1. The van der Waals surface area contributed by atoms with Gasteiger partial charge in [-0.05, 0) is 25.0 Å². The Morgan fingerprint density at radius 3 is 2.50 bits per heavy atom. The minimum Gasteiger partial charge on any atom is -0.307 e. The lowest BCUT2D eigenvalue weighted by Gasteiger charge is -2.10. The van der Waals surface area contributed by atoms with Gasteiger partial charge in [0.1, 0.15) is 0 Å². The van der Waals surface area contributed by atoms with Crippen LogP contribution in [0.1, 0.15) is 36.0 Å². The van der Waals surface area contributed by atoms with Crippen LogP contribution in [0.25, 0.3) is 0 Å². The molecule has 0 radical (unpaired) electrons. The van der Waals surface area contributed by atoms with E-state index in [0.717, 1.165) is 10.0 Å². The normalized spacial score (nSPS) is 16.6. The van der Waals surface area contributed by atoms with Gasteiger partial charge in [-0.3, -0.25) is 4.79 Å². The Morgan fingerprint density at radius 1 is 1.25 bits per heavy atom. The molecular weight excluding hydrogens is 266 g/mol. The molecule has 0 atom stereocenters. The molecule has 1 aromatic rings. The highest BCUT2D eigenvalue weighted by molar-refractivity contribution is 9.10. The summed E-state index contributed by atoms with van der Waals surface area (Å²) >= 11 is 3.36. The summed E-state index contributed by atoms with van der Waals surface area (Å²) in [5.41, 5.74) is 0.786. The van der Waals surface area contributed by atoms with E-state index in [1.54, 1.807) is 0 Å². The molecule has 0 saturated heterocycles. The first-order valence-corrected chi connectivity index (χ1v) is 6.57. The van der Waals surface area contributed by atoms with E-state index in [0.29, 0.717) is 12.6 Å². The number of carbonyl (C=O) groups excluding carboxylic acids is 1. The highest BCUT2D eigenvalue weighted by Gasteiger charge is 2.15. The number of carbonyl (C=O) groups is 1. The number of nitrogens with one attached hydrogen (secondary N) is 1. The molecular formula is C13H16BrNO. The zero-order valence-corrected chi connectivity index (χ0v) is 10.8. The lowest BCUT2D eigenvalue weighted by atomic mass is 10.1. The van der Waals surface area contributed by atoms with Gasteiger partial charge < -0.3 is 5.32 Å². The second kappa shape index (κ2) is 5.60. The smallest absolute Gasteiger partial charge is 0.176 e. The summed E-state index contributed by atoms with van der Waals surface area (Å²) in [6, 6.07) is 8.09. The number of benzene rings is 1. The van der Waals surface area contributed by atoms with Gasteiger partial charge >= 0.3 is 0 Å². The first-order chi connectivity index (χ1) is 7.75. The van der Waals surface area contributed by atoms with Crippen molar-refractivity contribution in [2.24, 2.45) is 0 Å². The third kappa shape index (κ3) is 3.16. The molecule has 0 aromatic heterocycles. The summed E-state index contributed by atoms with van der Waals surface area (Å²) in [5.74, 6) is 0.180. The maximum absolute atomic E-state index is 11.8. The maximum Gasteiger partial charge on any atom is 0.176 e. The van der Waals surface area contributed by atoms with Crippen molar-refractivity contribution in [3.05, 3.63) is 34.3 Å². The quantitative estimate of drug-likeness (QED) is 0.859. The van der Waals surface area contributed by atoms with Crippen LogP contribution in [0.4, 0.5) is 0 Å². The molecule has 1 saturated carbocycles. The van der Waals surface area contributed by atoms with Gasteiger partial charge in [0.25, 0.3) is 0 Å². The van der Waals surface area contributed by atoms with Crippen molar-refractivity contribution in [3.8, 4) is 0 Å². The molecule has 16 heavy (non-hydrogen) atoms. The lowest BCUT2D eigenvalue weighted by Crippen LogP contribution is -2.31. The topological polar surface area (TPSA) is 29.1 Å². The van der Waals surface area contributed by atoms with Crippen LogP contribution in [-0.2, 0) is 0 Å². The van der Waals surface area contributed by atoms with Gasteiger partial charge in [-0.25, -0.2) is 0 Å². The average Bonchev–Trinajstić information content (AvgIpc) is 2.80. The van der Waals surface area contributed by atoms with E-state index in [-0.39, 0.29) is 5.78 Å². The van der Waals surface area contributed by atoms with E-state index in [1.807, 2.05) is 24.3 Å². The Hall–Kier alpha value is -0.670. The highest BCUT2D eigenvalue weighted by Crippen LogP contribution is 2.17. The zero-order chi connectivity index (χ0) is 11.4. The molecule has 0 spiro atoms. The fourth-order valence-electron chi connectivity index (χ4n) is 2.10. The number of halogens is 1. The molecule has 0 amide bonds. The first-order valence-electron chi connectivity index (χ1n) is 5.78. The van der Waals surface area contributed by atoms with E-state index in [9.17, 15) is 4.79 Å². The van der Waals surface area contributed by atoms with Gasteiger partial charge in [-0.1, -0.05) is 40.9 Å². The minimum atomic E-state index is 0.180. The van der Waals surface area contributed by atoms with Crippen molar-refractivity contribution >= 4 is 21.7 Å². The number of rotatable bonds is 4. The molecule has 0 bridgehead atoms. The SMILES string of the molecule is O=C(CNC1CCCC1)c1ccc(Br)cc1. The van der Waals surface area contributed by atoms with E-state index in [1.165, 1.54) is 25.7 Å². The summed E-state index contributed by atoms with van der Waals surface area (Å²) < 4.78 is 1.01. The van der Waals surface area contributed by atoms with E-state index in [2.05, 4.69) is 21.2 Å². The lowest BCUT2D eigenvalue weighted by molar-refractivity contribution is 0.0987. The molecule has 1 aliphatic rings. The molecule has 0 heterocycles. The summed E-state index contributed by atoms with van der Waals surface area (Å²) in [4.78, 5) is 11.8. The largest absolute Gasteiger partial charge is 0.307 e. The third-order valence-corrected chi connectivity index (χ3v) is 3.60. The van der Waals surface area contributed by atoms with Gasteiger partial charge in [0.2, 0.25) is 0 Å². The fraction of sp³-hybridized carbons (Fsp3) is 0.462. The van der Waals surface area contributed by atoms with E-state index >= 15 is 0 Å². The van der Waals surface area contributed by atoms with Gasteiger partial charge in [-0.2, -0.15) is 0 Å². The monoisotopic (exact) mass is 281 g/mol. The molecule has 2 nitrogen and oxygen atoms in total. The fourth-order valence-corrected chi connectivity index (χ4v) is 2.37. The van der Waals surface area contributed by atoms with Crippen molar-refractivity contribution in [3.63, 3.8) is 0 Å². The standard InChI is InChI=1S/C13H16BrNO/c14-11-7-5-10(6-8-11)13(16)9-15-12-3-1-2-4-12/h5-8,12,15H,1-4,9H2. The minimum absolute atomic E-state index is 0.180. The highest BCUT2D eigenvalue weighted by atomic mass is 79.9. The van der Waals surface area contributed by atoms with E-state index in [4.69, 9.17) is 0 Å². The molecule has 86 valence electrons. The van der Waals surface area contributed by atoms with Crippen LogP contribution in [0.2, 0.25) is 0 Å². The number of hydrogen-bond donors (Lipinski definition) is 1. The second-order valence-electron chi connectivity index (χ2n) is 4.29. The molecule has 1 aliphatic carbocycles. The third-order valence-electron chi connectivity index (χ3n) is 3.07. The van der Waals surface area contributed by atoms with Gasteiger partial charge in [0.05, 0.1) is 6.54 Å². The number of ketones is 1. The van der Waals surface area contributed by atoms with Crippen LogP contribution < -0.4 is 5.32 Å². The molecule has 1 aromatic carbocycles. The Bertz CT molecular complexity index is 355. The molecule has 3 heteroatoms. The van der Waals surface area contributed by atoms with Gasteiger partial charge in [0.15, 0.2) is 5.78 Å². The maximum atomic E-state index is 11.8. The summed E-state index contributed by atoms with van der Waals surface area (Å²) in [7, 11) is 0. The number of hydrogen-bond acceptors (Lipinski definition) is 2. The van der Waals surface area contributed by atoms with Crippen LogP contribution in [0.5, 0.6) is 0 Å². The second-order valence-corrected chi connectivity index (χ2v) is 5.21. The predicted octanol–water partition coefficient (Wildman–Crippen LogP) is 3.16. The van der Waals surface area contributed by atoms with Gasteiger partial charge in [0, 0.05) is 16.1 Å². The Labute approximate surface area is 105 Å². The molecule has 0 aliphatic heterocycles. The van der Waals surface area contributed by atoms with Crippen LogP contribution >= 0.6 is 15.9 Å². The van der Waals surface area contributed by atoms with Crippen molar-refractivity contribution in [2.45, 2.75) is 31.7 Å². The van der Waals surface area contributed by atoms with Gasteiger partial charge in [-0.15, -0.1) is 0 Å². The van der Waals surface area contributed by atoms with Crippen LogP contribution in [0.3, 0.4) is 0 Å². The van der Waals surface area contributed by atoms with Crippen molar-refractivity contribution in [1.82, 2.24) is 5.32 Å². The van der Waals surface area contributed by atoms with E-state index < -0.39 is 0 Å². The van der Waals surface area contributed by atoms with Crippen LogP contribution in [-0.4, -0.2) is 18.4 Å². The van der Waals surface area contributed by atoms with Crippen molar-refractivity contribution < 1.29 is 4.79 Å². The molecule has 1 fully saturated rings. The molecule has 2 rings (SSSR count). The first kappa shape index (κ1) is 11.8. The Balaban J connectivity index is 1.85. The average molecular weight is 282 g/mol. The van der Waals surface area contributed by atoms with Crippen molar-refractivity contribution in [1.29, 1.82) is 0 Å². The summed E-state index contributed by atoms with van der Waals surface area (Å²) in [5, 5.41) is 3.33. The zero-order valence-electron chi connectivity index (χ0n) is 9.21. The molecule has 1 N–H and O–H groups in total. The molecule has 0 unspecified atom stereocenters. The predicted molar refractivity (Wildman–Crippen MR) is 68.7 cm³/mol. The summed E-state index contributed by atoms with van der Waals surface area (Å²) in [6.45, 7) is 0.465. The van der Waals surface area contributed by atoms with Crippen LogP contribution in [0.15, 0.2) is 28.7 Å². The Kier molecular flexibility index (Phi) is 4.13. The Morgan fingerprint density at radius 2 is 1.88 bits per heavy atom.